The predicted molar refractivity (Wildman–Crippen MR) is 76.8 cm³/mol. The number of rotatable bonds is 8. The first-order chi connectivity index (χ1) is 9.21. The number of hydrogen-bond acceptors (Lipinski definition) is 5. The average Bonchev–Trinajstić information content (AvgIpc) is 2.46. The molecule has 0 bridgehead atoms. The minimum atomic E-state index is -0.156. The highest BCUT2D eigenvalue weighted by Crippen LogP contribution is 2.03. The third kappa shape index (κ3) is 5.23. The third-order valence-corrected chi connectivity index (χ3v) is 2.86. The molecule has 1 rings (SSSR count). The fourth-order valence-electron chi connectivity index (χ4n) is 1.78. The van der Waals surface area contributed by atoms with Gasteiger partial charge in [-0.25, -0.2) is 4.98 Å². The first-order valence-electron chi connectivity index (χ1n) is 6.64. The molecule has 6 heteroatoms. The van der Waals surface area contributed by atoms with Crippen LogP contribution >= 0.6 is 0 Å². The minimum Gasteiger partial charge on any atom is -0.349 e. The Labute approximate surface area is 114 Å². The molecule has 0 fully saturated rings. The molecule has 0 aliphatic heterocycles. The van der Waals surface area contributed by atoms with Crippen molar-refractivity contribution >= 4 is 11.6 Å². The highest BCUT2D eigenvalue weighted by molar-refractivity contribution is 5.92. The number of nitrogens with one attached hydrogen (secondary N) is 2. The van der Waals surface area contributed by atoms with E-state index in [2.05, 4.69) is 34.5 Å². The number of nitrogen functional groups attached to an aromatic ring is 1. The second kappa shape index (κ2) is 8.44. The number of carbonyl (C=O) groups is 1. The van der Waals surface area contributed by atoms with Gasteiger partial charge in [0, 0.05) is 13.1 Å². The van der Waals surface area contributed by atoms with E-state index >= 15 is 0 Å². The van der Waals surface area contributed by atoms with Crippen molar-refractivity contribution in [3.05, 3.63) is 24.0 Å². The largest absolute Gasteiger partial charge is 0.349 e. The monoisotopic (exact) mass is 265 g/mol. The van der Waals surface area contributed by atoms with Crippen LogP contribution in [0.4, 0.5) is 5.69 Å². The smallest absolute Gasteiger partial charge is 0.269 e. The molecule has 106 valence electrons. The number of amides is 1. The molecule has 0 radical (unpaired) electrons. The number of pyridine rings is 1. The summed E-state index contributed by atoms with van der Waals surface area (Å²) in [5.74, 6) is 5.08. The van der Waals surface area contributed by atoms with E-state index in [0.717, 1.165) is 26.1 Å². The Bertz CT molecular complexity index is 379. The number of carbonyl (C=O) groups excluding carboxylic acids is 1. The Morgan fingerprint density at radius 1 is 1.37 bits per heavy atom. The molecule has 1 heterocycles. The normalized spacial score (nSPS) is 10.5. The van der Waals surface area contributed by atoms with E-state index in [1.54, 1.807) is 12.1 Å². The van der Waals surface area contributed by atoms with Crippen molar-refractivity contribution in [2.24, 2.45) is 5.84 Å². The lowest BCUT2D eigenvalue weighted by Gasteiger charge is -2.19. The van der Waals surface area contributed by atoms with Crippen LogP contribution in [-0.4, -0.2) is 42.0 Å². The molecule has 0 aliphatic carbocycles. The fraction of sp³-hybridized carbons (Fsp3) is 0.538. The van der Waals surface area contributed by atoms with E-state index in [0.29, 0.717) is 17.9 Å². The quantitative estimate of drug-likeness (QED) is 0.479. The number of nitrogens with two attached hydrogens (primary N) is 1. The predicted octanol–water partition coefficient (Wildman–Crippen LogP) is 0.829. The number of likely N-dealkylation sites (N-methyl/N-ethyl adjacent to an activating group) is 1. The zero-order chi connectivity index (χ0) is 14.1. The summed E-state index contributed by atoms with van der Waals surface area (Å²) in [5, 5.41) is 2.86. The SMILES string of the molecule is CCCN(CC)CCNC(=O)c1ccc(NN)cn1. The summed E-state index contributed by atoms with van der Waals surface area (Å²) in [4.78, 5) is 18.2. The molecule has 0 aromatic carbocycles. The molecule has 1 amide bonds. The van der Waals surface area contributed by atoms with Gasteiger partial charge in [0.2, 0.25) is 0 Å². The number of nitrogens with zero attached hydrogens (tertiary/aromatic N) is 2. The zero-order valence-electron chi connectivity index (χ0n) is 11.6. The van der Waals surface area contributed by atoms with Crippen LogP contribution in [0.25, 0.3) is 0 Å². The summed E-state index contributed by atoms with van der Waals surface area (Å²) >= 11 is 0. The molecule has 0 saturated carbocycles. The van der Waals surface area contributed by atoms with Crippen LogP contribution in [0.2, 0.25) is 0 Å². The van der Waals surface area contributed by atoms with Gasteiger partial charge in [-0.1, -0.05) is 13.8 Å². The number of hydrazine groups is 1. The fourth-order valence-corrected chi connectivity index (χ4v) is 1.78. The van der Waals surface area contributed by atoms with Gasteiger partial charge in [-0.3, -0.25) is 10.6 Å². The molecular formula is C13H23N5O. The average molecular weight is 265 g/mol. The maximum atomic E-state index is 11.8. The van der Waals surface area contributed by atoms with Gasteiger partial charge in [0.1, 0.15) is 5.69 Å². The Morgan fingerprint density at radius 3 is 2.68 bits per heavy atom. The van der Waals surface area contributed by atoms with Gasteiger partial charge >= 0.3 is 0 Å². The summed E-state index contributed by atoms with van der Waals surface area (Å²) in [7, 11) is 0. The molecule has 0 atom stereocenters. The lowest BCUT2D eigenvalue weighted by molar-refractivity contribution is 0.0943. The van der Waals surface area contributed by atoms with Crippen molar-refractivity contribution in [2.75, 3.05) is 31.6 Å². The molecule has 0 saturated heterocycles. The molecule has 0 aliphatic rings. The van der Waals surface area contributed by atoms with Gasteiger partial charge in [0.15, 0.2) is 0 Å². The van der Waals surface area contributed by atoms with Crippen LogP contribution in [-0.2, 0) is 0 Å². The second-order valence-corrected chi connectivity index (χ2v) is 4.27. The lowest BCUT2D eigenvalue weighted by atomic mass is 10.3. The van der Waals surface area contributed by atoms with E-state index in [1.807, 2.05) is 0 Å². The summed E-state index contributed by atoms with van der Waals surface area (Å²) < 4.78 is 0. The molecular weight excluding hydrogens is 242 g/mol. The highest BCUT2D eigenvalue weighted by Gasteiger charge is 2.07. The van der Waals surface area contributed by atoms with Crippen molar-refractivity contribution in [1.82, 2.24) is 15.2 Å². The lowest BCUT2D eigenvalue weighted by Crippen LogP contribution is -2.35. The molecule has 0 spiro atoms. The Morgan fingerprint density at radius 2 is 2.16 bits per heavy atom. The summed E-state index contributed by atoms with van der Waals surface area (Å²) in [6, 6.07) is 3.37. The maximum Gasteiger partial charge on any atom is 0.269 e. The van der Waals surface area contributed by atoms with Crippen molar-refractivity contribution in [1.29, 1.82) is 0 Å². The van der Waals surface area contributed by atoms with Crippen LogP contribution in [0.15, 0.2) is 18.3 Å². The van der Waals surface area contributed by atoms with Gasteiger partial charge in [-0.2, -0.15) is 0 Å². The molecule has 1 aromatic heterocycles. The van der Waals surface area contributed by atoms with Crippen molar-refractivity contribution < 1.29 is 4.79 Å². The molecule has 1 aromatic rings. The van der Waals surface area contributed by atoms with Crippen LogP contribution in [0, 0.1) is 0 Å². The number of hydrogen-bond donors (Lipinski definition) is 3. The summed E-state index contributed by atoms with van der Waals surface area (Å²) in [6.45, 7) is 7.82. The Kier molecular flexibility index (Phi) is 6.84. The van der Waals surface area contributed by atoms with Crippen LogP contribution in [0.1, 0.15) is 30.8 Å². The zero-order valence-corrected chi connectivity index (χ0v) is 11.6. The molecule has 6 nitrogen and oxygen atoms in total. The highest BCUT2D eigenvalue weighted by atomic mass is 16.1. The Hall–Kier alpha value is -1.66. The first kappa shape index (κ1) is 15.4. The van der Waals surface area contributed by atoms with Crippen molar-refractivity contribution in [3.63, 3.8) is 0 Å². The second-order valence-electron chi connectivity index (χ2n) is 4.27. The minimum absolute atomic E-state index is 0.156. The molecule has 0 unspecified atom stereocenters. The summed E-state index contributed by atoms with van der Waals surface area (Å²) in [5.41, 5.74) is 3.55. The van der Waals surface area contributed by atoms with Gasteiger partial charge in [-0.15, -0.1) is 0 Å². The number of anilines is 1. The van der Waals surface area contributed by atoms with E-state index in [9.17, 15) is 4.79 Å². The third-order valence-electron chi connectivity index (χ3n) is 2.86. The molecule has 19 heavy (non-hydrogen) atoms. The van der Waals surface area contributed by atoms with Crippen LogP contribution in [0.3, 0.4) is 0 Å². The van der Waals surface area contributed by atoms with E-state index in [1.165, 1.54) is 6.20 Å². The standard InChI is InChI=1S/C13H23N5O/c1-3-8-18(4-2)9-7-15-13(19)12-6-5-11(17-14)10-16-12/h5-6,10,17H,3-4,7-9,14H2,1-2H3,(H,15,19). The van der Waals surface area contributed by atoms with E-state index in [-0.39, 0.29) is 5.91 Å². The topological polar surface area (TPSA) is 83.3 Å². The van der Waals surface area contributed by atoms with Gasteiger partial charge in [0.25, 0.3) is 5.91 Å². The first-order valence-corrected chi connectivity index (χ1v) is 6.64. The van der Waals surface area contributed by atoms with Crippen LogP contribution in [0.5, 0.6) is 0 Å². The van der Waals surface area contributed by atoms with E-state index < -0.39 is 0 Å². The van der Waals surface area contributed by atoms with E-state index in [4.69, 9.17) is 5.84 Å². The van der Waals surface area contributed by atoms with Crippen LogP contribution < -0.4 is 16.6 Å². The van der Waals surface area contributed by atoms with Crippen molar-refractivity contribution in [2.45, 2.75) is 20.3 Å². The Balaban J connectivity index is 2.37. The van der Waals surface area contributed by atoms with Crippen molar-refractivity contribution in [3.8, 4) is 0 Å². The van der Waals surface area contributed by atoms with Gasteiger partial charge in [0.05, 0.1) is 11.9 Å². The van der Waals surface area contributed by atoms with Gasteiger partial charge in [-0.05, 0) is 31.6 Å². The number of aromatic nitrogens is 1. The van der Waals surface area contributed by atoms with Gasteiger partial charge < -0.3 is 15.6 Å². The maximum absolute atomic E-state index is 11.8. The summed E-state index contributed by atoms with van der Waals surface area (Å²) in [6.07, 6.45) is 2.65. The molecule has 4 N–H and O–H groups in total.